The van der Waals surface area contributed by atoms with Crippen molar-refractivity contribution < 1.29 is 38.0 Å². The number of amides is 2. The van der Waals surface area contributed by atoms with Crippen molar-refractivity contribution in [3.05, 3.63) is 59.6 Å². The van der Waals surface area contributed by atoms with Gasteiger partial charge >= 0.3 is 6.09 Å². The largest absolute Gasteiger partial charge is 0.467 e. The van der Waals surface area contributed by atoms with Crippen LogP contribution in [0.3, 0.4) is 0 Å². The maximum Gasteiger partial charge on any atom is 0.410 e. The Kier molecular flexibility index (Phi) is 11.6. The standard InChI is InChI=1S/C40H52ClN5O8/c41-32-4-5-34-35(7-11-43-36(34)26-32)42-10-2-13-46(27-33-3-1-17-50-33)38(48)51-18-9-39(8-6-37(47)44-12-14-45-15-19-49-20-16-45)52-40(54-53-39)30-22-28-21-29(24-30)25-31(40)23-28/h1,3-5,7,11,17,26,28-31H,2,6,8-10,12-16,18-25,27H2,(H,42,43)(H,44,47). The molecule has 4 aliphatic carbocycles. The van der Waals surface area contributed by atoms with Gasteiger partial charge in [-0.3, -0.25) is 14.7 Å². The van der Waals surface area contributed by atoms with Gasteiger partial charge in [0.1, 0.15) is 5.76 Å². The Morgan fingerprint density at radius 1 is 1.00 bits per heavy atom. The average Bonchev–Trinajstić information content (AvgIpc) is 3.83. The summed E-state index contributed by atoms with van der Waals surface area (Å²) in [4.78, 5) is 47.6. The van der Waals surface area contributed by atoms with Gasteiger partial charge in [0, 0.05) is 92.7 Å². The van der Waals surface area contributed by atoms with Gasteiger partial charge in [-0.25, -0.2) is 4.79 Å². The van der Waals surface area contributed by atoms with E-state index in [2.05, 4.69) is 20.5 Å². The van der Waals surface area contributed by atoms with Crippen molar-refractivity contribution in [1.82, 2.24) is 20.1 Å². The number of hydrogen-bond donors (Lipinski definition) is 2. The minimum absolute atomic E-state index is 0.0377. The van der Waals surface area contributed by atoms with Crippen LogP contribution in [0.2, 0.25) is 5.02 Å². The lowest BCUT2D eigenvalue weighted by atomic mass is 9.53. The van der Waals surface area contributed by atoms with Crippen molar-refractivity contribution in [2.24, 2.45) is 23.7 Å². The summed E-state index contributed by atoms with van der Waals surface area (Å²) in [6.07, 6.45) is 9.88. The maximum atomic E-state index is 13.7. The molecular weight excluding hydrogens is 714 g/mol. The second kappa shape index (κ2) is 16.7. The Morgan fingerprint density at radius 3 is 2.59 bits per heavy atom. The normalized spacial score (nSPS) is 28.8. The van der Waals surface area contributed by atoms with Crippen molar-refractivity contribution in [2.75, 3.05) is 64.4 Å². The number of rotatable bonds is 16. The number of nitrogens with one attached hydrogen (secondary N) is 2. The van der Waals surface area contributed by atoms with E-state index in [9.17, 15) is 9.59 Å². The number of halogens is 1. The molecule has 1 aromatic carbocycles. The lowest BCUT2D eigenvalue weighted by Gasteiger charge is -2.57. The van der Waals surface area contributed by atoms with Crippen LogP contribution < -0.4 is 10.6 Å². The summed E-state index contributed by atoms with van der Waals surface area (Å²) in [6, 6.07) is 11.2. The lowest BCUT2D eigenvalue weighted by Crippen LogP contribution is -2.59. The number of pyridine rings is 1. The number of carbonyl (C=O) groups is 2. The minimum atomic E-state index is -1.20. The SMILES string of the molecule is O=C(CCC1(CCOC(=O)N(CCCNc2ccnc3cc(Cl)ccc23)Cc2ccco2)OOC2(O1)C1CC3CC(C1)CC2C3)NCCN1CCOCC1. The van der Waals surface area contributed by atoms with Crippen LogP contribution >= 0.6 is 11.6 Å². The van der Waals surface area contributed by atoms with Crippen molar-refractivity contribution in [2.45, 2.75) is 75.9 Å². The predicted molar refractivity (Wildman–Crippen MR) is 200 cm³/mol. The third-order valence-electron chi connectivity index (χ3n) is 12.1. The van der Waals surface area contributed by atoms with Crippen molar-refractivity contribution in [3.8, 4) is 0 Å². The molecule has 2 aromatic heterocycles. The Labute approximate surface area is 321 Å². The summed E-state index contributed by atoms with van der Waals surface area (Å²) < 4.78 is 23.9. The molecule has 4 saturated carbocycles. The van der Waals surface area contributed by atoms with Crippen LogP contribution in [0, 0.1) is 23.7 Å². The van der Waals surface area contributed by atoms with Crippen LogP contribution in [0.4, 0.5) is 10.5 Å². The van der Waals surface area contributed by atoms with Gasteiger partial charge in [0.2, 0.25) is 17.5 Å². The van der Waals surface area contributed by atoms with Crippen molar-refractivity contribution in [1.29, 1.82) is 0 Å². The second-order valence-electron chi connectivity index (χ2n) is 15.7. The smallest absolute Gasteiger partial charge is 0.410 e. The number of nitrogens with zero attached hydrogens (tertiary/aromatic N) is 3. The summed E-state index contributed by atoms with van der Waals surface area (Å²) in [5, 5.41) is 8.15. The van der Waals surface area contributed by atoms with E-state index in [1.54, 1.807) is 23.4 Å². The first-order chi connectivity index (χ1) is 26.4. The van der Waals surface area contributed by atoms with Gasteiger partial charge in [0.05, 0.1) is 38.1 Å². The minimum Gasteiger partial charge on any atom is -0.467 e. The Balaban J connectivity index is 0.882. The van der Waals surface area contributed by atoms with Gasteiger partial charge in [-0.1, -0.05) is 11.6 Å². The summed E-state index contributed by atoms with van der Waals surface area (Å²) in [5.74, 6) is 0.544. The molecule has 2 aliphatic heterocycles. The molecular formula is C40H52ClN5O8. The topological polar surface area (TPSA) is 137 Å². The number of fused-ring (bicyclic) bond motifs is 1. The summed E-state index contributed by atoms with van der Waals surface area (Å²) >= 11 is 6.17. The van der Waals surface area contributed by atoms with Gasteiger partial charge < -0.3 is 34.2 Å². The van der Waals surface area contributed by atoms with Crippen LogP contribution in [0.15, 0.2) is 53.3 Å². The molecule has 54 heavy (non-hydrogen) atoms. The first-order valence-corrected chi connectivity index (χ1v) is 20.1. The van der Waals surface area contributed by atoms with Crippen LogP contribution in [-0.2, 0) is 35.3 Å². The van der Waals surface area contributed by atoms with E-state index in [-0.39, 0.29) is 43.7 Å². The highest BCUT2D eigenvalue weighted by Gasteiger charge is 2.66. The van der Waals surface area contributed by atoms with Gasteiger partial charge in [-0.2, -0.15) is 9.78 Å². The highest BCUT2D eigenvalue weighted by Crippen LogP contribution is 2.63. The third kappa shape index (κ3) is 8.51. The number of ether oxygens (including phenoxy) is 3. The van der Waals surface area contributed by atoms with Gasteiger partial charge in [0.15, 0.2) is 0 Å². The van der Waals surface area contributed by atoms with E-state index in [0.29, 0.717) is 43.3 Å². The number of aromatic nitrogens is 1. The molecule has 2 saturated heterocycles. The highest BCUT2D eigenvalue weighted by molar-refractivity contribution is 6.31. The molecule has 6 fully saturated rings. The molecule has 4 bridgehead atoms. The van der Waals surface area contributed by atoms with E-state index in [1.807, 2.05) is 30.3 Å². The third-order valence-corrected chi connectivity index (χ3v) is 12.3. The van der Waals surface area contributed by atoms with Crippen LogP contribution in [-0.4, -0.2) is 97.4 Å². The summed E-state index contributed by atoms with van der Waals surface area (Å²) in [5.41, 5.74) is 1.76. The Morgan fingerprint density at radius 2 is 1.81 bits per heavy atom. The molecule has 4 heterocycles. The molecule has 3 aromatic rings. The molecule has 1 spiro atoms. The van der Waals surface area contributed by atoms with Gasteiger partial charge in [-0.15, -0.1) is 0 Å². The van der Waals surface area contributed by atoms with Crippen LogP contribution in [0.1, 0.15) is 63.5 Å². The van der Waals surface area contributed by atoms with Gasteiger partial charge in [-0.05, 0) is 86.8 Å². The molecule has 1 atom stereocenters. The molecule has 14 heteroatoms. The van der Waals surface area contributed by atoms with Crippen molar-refractivity contribution >= 4 is 40.2 Å². The first kappa shape index (κ1) is 37.5. The van der Waals surface area contributed by atoms with E-state index in [0.717, 1.165) is 87.0 Å². The zero-order valence-corrected chi connectivity index (χ0v) is 31.6. The highest BCUT2D eigenvalue weighted by atomic mass is 35.5. The number of carbonyl (C=O) groups excluding carboxylic acids is 2. The number of anilines is 1. The molecule has 2 amide bonds. The molecule has 9 rings (SSSR count). The number of hydrogen-bond acceptors (Lipinski definition) is 11. The molecule has 2 N–H and O–H groups in total. The molecule has 0 radical (unpaired) electrons. The van der Waals surface area contributed by atoms with Crippen LogP contribution in [0.25, 0.3) is 10.9 Å². The molecule has 6 aliphatic rings. The monoisotopic (exact) mass is 765 g/mol. The quantitative estimate of drug-likeness (QED) is 0.124. The fourth-order valence-corrected chi connectivity index (χ4v) is 9.64. The second-order valence-corrected chi connectivity index (χ2v) is 16.1. The number of benzene rings is 1. The zero-order chi connectivity index (χ0) is 37.0. The Bertz CT molecular complexity index is 1710. The lowest BCUT2D eigenvalue weighted by molar-refractivity contribution is -0.389. The fourth-order valence-electron chi connectivity index (χ4n) is 9.47. The molecule has 1 unspecified atom stereocenters. The predicted octanol–water partition coefficient (Wildman–Crippen LogP) is 6.37. The van der Waals surface area contributed by atoms with Gasteiger partial charge in [0.25, 0.3) is 0 Å². The number of morpholine rings is 1. The maximum absolute atomic E-state index is 13.7. The van der Waals surface area contributed by atoms with Crippen LogP contribution in [0.5, 0.6) is 0 Å². The van der Waals surface area contributed by atoms with E-state index < -0.39 is 17.7 Å². The molecule has 292 valence electrons. The molecule has 13 nitrogen and oxygen atoms in total. The summed E-state index contributed by atoms with van der Waals surface area (Å²) in [6.45, 7) is 5.89. The zero-order valence-electron chi connectivity index (χ0n) is 30.8. The Hall–Kier alpha value is -3.46. The van der Waals surface area contributed by atoms with E-state index >= 15 is 0 Å². The van der Waals surface area contributed by atoms with E-state index in [4.69, 9.17) is 40.0 Å². The first-order valence-electron chi connectivity index (χ1n) is 19.7. The van der Waals surface area contributed by atoms with Crippen molar-refractivity contribution in [3.63, 3.8) is 0 Å². The fraction of sp³-hybridized carbons (Fsp3) is 0.625. The number of furan rings is 1. The average molecular weight is 766 g/mol. The van der Waals surface area contributed by atoms with E-state index in [1.165, 1.54) is 6.42 Å². The summed E-state index contributed by atoms with van der Waals surface area (Å²) in [7, 11) is 0.